The van der Waals surface area contributed by atoms with Crippen molar-refractivity contribution in [3.8, 4) is 0 Å². The Hall–Kier alpha value is -2.43. The second kappa shape index (κ2) is 4.80. The van der Waals surface area contributed by atoms with E-state index in [1.807, 2.05) is 30.3 Å². The molecule has 1 aromatic carbocycles. The Labute approximate surface area is 127 Å². The molecule has 2 saturated carbocycles. The molecule has 4 atom stereocenters. The molecule has 2 aliphatic carbocycles. The fraction of sp³-hybridized carbons (Fsp3) is 0.353. The topological polar surface area (TPSA) is 79.3 Å². The van der Waals surface area contributed by atoms with Gasteiger partial charge in [0.15, 0.2) is 0 Å². The Morgan fingerprint density at radius 3 is 2.77 bits per heavy atom. The number of rotatable bonds is 3. The molecule has 1 aromatic heterocycles. The summed E-state index contributed by atoms with van der Waals surface area (Å²) in [6.07, 6.45) is 3.03. The second-order valence-electron chi connectivity index (χ2n) is 6.24. The number of para-hydroxylation sites is 1. The monoisotopic (exact) mass is 296 g/mol. The van der Waals surface area contributed by atoms with Gasteiger partial charge in [-0.1, -0.05) is 18.2 Å². The summed E-state index contributed by atoms with van der Waals surface area (Å²) in [5.74, 6) is -0.627. The van der Waals surface area contributed by atoms with Crippen LogP contribution in [0.2, 0.25) is 0 Å². The van der Waals surface area contributed by atoms with Gasteiger partial charge in [0, 0.05) is 17.6 Å². The van der Waals surface area contributed by atoms with Crippen LogP contribution < -0.4 is 5.32 Å². The zero-order valence-electron chi connectivity index (χ0n) is 11.9. The number of carboxylic acid groups (broad SMARTS) is 1. The van der Waals surface area contributed by atoms with E-state index in [0.717, 1.165) is 17.3 Å². The number of nitrogens with one attached hydrogen (secondary N) is 1. The second-order valence-corrected chi connectivity index (χ2v) is 6.24. The number of nitrogens with zero attached hydrogens (tertiary/aromatic N) is 1. The number of aliphatic carboxylic acids is 1. The fourth-order valence-corrected chi connectivity index (χ4v) is 3.68. The van der Waals surface area contributed by atoms with E-state index in [-0.39, 0.29) is 23.8 Å². The normalized spacial score (nSPS) is 29.1. The Balaban J connectivity index is 1.51. The SMILES string of the molecule is O=C(N[C@H]1C[C@@H](C(=O)O)[C@@H]2C[C@@H]21)c1cnc2ccccc2c1. The van der Waals surface area contributed by atoms with Crippen LogP contribution >= 0.6 is 0 Å². The minimum Gasteiger partial charge on any atom is -0.481 e. The first-order valence-corrected chi connectivity index (χ1v) is 7.52. The average molecular weight is 296 g/mol. The highest BCUT2D eigenvalue weighted by Gasteiger charge is 2.57. The van der Waals surface area contributed by atoms with E-state index in [1.54, 1.807) is 6.20 Å². The lowest BCUT2D eigenvalue weighted by Crippen LogP contribution is -2.36. The minimum atomic E-state index is -0.739. The van der Waals surface area contributed by atoms with Crippen LogP contribution in [0.1, 0.15) is 23.2 Å². The van der Waals surface area contributed by atoms with Gasteiger partial charge in [0.25, 0.3) is 5.91 Å². The number of carbonyl (C=O) groups excluding carboxylic acids is 1. The molecule has 5 nitrogen and oxygen atoms in total. The van der Waals surface area contributed by atoms with E-state index in [9.17, 15) is 14.7 Å². The van der Waals surface area contributed by atoms with Crippen LogP contribution in [-0.4, -0.2) is 28.0 Å². The standard InChI is InChI=1S/C17H16N2O3/c20-16(10-5-9-3-1-2-4-14(9)18-8-10)19-15-7-13(17(21)22)11-6-12(11)15/h1-5,8,11-13,15H,6-7H2,(H,19,20)(H,21,22)/t11-,12+,13-,15+/m1/s1. The highest BCUT2D eigenvalue weighted by Crippen LogP contribution is 2.55. The van der Waals surface area contributed by atoms with Crippen LogP contribution in [0.25, 0.3) is 10.9 Å². The molecule has 2 fully saturated rings. The quantitative estimate of drug-likeness (QED) is 0.908. The van der Waals surface area contributed by atoms with Crippen molar-refractivity contribution in [2.75, 3.05) is 0 Å². The predicted molar refractivity (Wildman–Crippen MR) is 80.3 cm³/mol. The Bertz CT molecular complexity index is 773. The number of hydrogen-bond donors (Lipinski definition) is 2. The highest BCUT2D eigenvalue weighted by molar-refractivity contribution is 5.97. The third-order valence-corrected chi connectivity index (χ3v) is 4.92. The van der Waals surface area contributed by atoms with Crippen LogP contribution in [0.5, 0.6) is 0 Å². The van der Waals surface area contributed by atoms with Crippen molar-refractivity contribution in [2.45, 2.75) is 18.9 Å². The number of hydrogen-bond acceptors (Lipinski definition) is 3. The molecule has 1 heterocycles. The lowest BCUT2D eigenvalue weighted by Gasteiger charge is -2.16. The van der Waals surface area contributed by atoms with E-state index in [1.165, 1.54) is 0 Å². The third kappa shape index (κ3) is 2.13. The number of pyridine rings is 1. The van der Waals surface area contributed by atoms with Crippen molar-refractivity contribution in [3.63, 3.8) is 0 Å². The molecule has 0 saturated heterocycles. The molecule has 5 heteroatoms. The largest absolute Gasteiger partial charge is 0.481 e. The van der Waals surface area contributed by atoms with Crippen LogP contribution in [-0.2, 0) is 4.79 Å². The van der Waals surface area contributed by atoms with E-state index in [0.29, 0.717) is 17.9 Å². The number of aromatic nitrogens is 1. The molecule has 0 spiro atoms. The summed E-state index contributed by atoms with van der Waals surface area (Å²) < 4.78 is 0. The first-order valence-electron chi connectivity index (χ1n) is 7.52. The van der Waals surface area contributed by atoms with Gasteiger partial charge in [-0.3, -0.25) is 14.6 Å². The molecule has 0 aliphatic heterocycles. The summed E-state index contributed by atoms with van der Waals surface area (Å²) in [4.78, 5) is 27.8. The van der Waals surface area contributed by atoms with Crippen molar-refractivity contribution < 1.29 is 14.7 Å². The van der Waals surface area contributed by atoms with Crippen LogP contribution in [0.15, 0.2) is 36.5 Å². The van der Waals surface area contributed by atoms with Crippen LogP contribution in [0.4, 0.5) is 0 Å². The molecule has 2 N–H and O–H groups in total. The Kier molecular flexibility index (Phi) is 2.89. The van der Waals surface area contributed by atoms with Crippen molar-refractivity contribution in [2.24, 2.45) is 17.8 Å². The predicted octanol–water partition coefficient (Wildman–Crippen LogP) is 2.07. The lowest BCUT2D eigenvalue weighted by molar-refractivity contribution is -0.142. The van der Waals surface area contributed by atoms with Crippen LogP contribution in [0, 0.1) is 17.8 Å². The first kappa shape index (κ1) is 13.2. The summed E-state index contributed by atoms with van der Waals surface area (Å²) in [6.45, 7) is 0. The number of amides is 1. The van der Waals surface area contributed by atoms with Gasteiger partial charge in [-0.05, 0) is 36.8 Å². The van der Waals surface area contributed by atoms with Crippen molar-refractivity contribution >= 4 is 22.8 Å². The lowest BCUT2D eigenvalue weighted by atomic mass is 10.0. The Morgan fingerprint density at radius 1 is 1.18 bits per heavy atom. The summed E-state index contributed by atoms with van der Waals surface area (Å²) in [6, 6.07) is 9.45. The highest BCUT2D eigenvalue weighted by atomic mass is 16.4. The number of benzene rings is 1. The van der Waals surface area contributed by atoms with Gasteiger partial charge in [0.05, 0.1) is 17.0 Å². The van der Waals surface area contributed by atoms with Gasteiger partial charge in [0.1, 0.15) is 0 Å². The molecule has 1 amide bonds. The molecule has 2 aromatic rings. The van der Waals surface area contributed by atoms with Crippen molar-refractivity contribution in [1.82, 2.24) is 10.3 Å². The fourth-order valence-electron chi connectivity index (χ4n) is 3.68. The molecular formula is C17H16N2O3. The summed E-state index contributed by atoms with van der Waals surface area (Å²) in [5, 5.41) is 13.1. The smallest absolute Gasteiger partial charge is 0.306 e. The maximum Gasteiger partial charge on any atom is 0.306 e. The molecule has 112 valence electrons. The van der Waals surface area contributed by atoms with E-state index in [4.69, 9.17) is 0 Å². The summed E-state index contributed by atoms with van der Waals surface area (Å²) in [7, 11) is 0. The molecular weight excluding hydrogens is 280 g/mol. The molecule has 4 rings (SSSR count). The maximum absolute atomic E-state index is 12.4. The maximum atomic E-state index is 12.4. The molecule has 22 heavy (non-hydrogen) atoms. The zero-order chi connectivity index (χ0) is 15.3. The molecule has 2 aliphatic rings. The van der Waals surface area contributed by atoms with Gasteiger partial charge in [-0.25, -0.2) is 0 Å². The minimum absolute atomic E-state index is 0.0231. The van der Waals surface area contributed by atoms with Gasteiger partial charge in [-0.2, -0.15) is 0 Å². The average Bonchev–Trinajstić information content (AvgIpc) is 3.23. The first-order chi connectivity index (χ1) is 10.6. The zero-order valence-corrected chi connectivity index (χ0v) is 11.9. The van der Waals surface area contributed by atoms with Gasteiger partial charge in [0.2, 0.25) is 0 Å². The van der Waals surface area contributed by atoms with E-state index >= 15 is 0 Å². The molecule has 0 unspecified atom stereocenters. The number of carboxylic acids is 1. The summed E-state index contributed by atoms with van der Waals surface area (Å²) >= 11 is 0. The third-order valence-electron chi connectivity index (χ3n) is 4.92. The Morgan fingerprint density at radius 2 is 2.00 bits per heavy atom. The number of fused-ring (bicyclic) bond motifs is 2. The van der Waals surface area contributed by atoms with Gasteiger partial charge < -0.3 is 10.4 Å². The van der Waals surface area contributed by atoms with E-state index < -0.39 is 5.97 Å². The van der Waals surface area contributed by atoms with Gasteiger partial charge in [-0.15, -0.1) is 0 Å². The molecule has 0 radical (unpaired) electrons. The van der Waals surface area contributed by atoms with Crippen molar-refractivity contribution in [3.05, 3.63) is 42.1 Å². The molecule has 0 bridgehead atoms. The summed E-state index contributed by atoms with van der Waals surface area (Å²) in [5.41, 5.74) is 1.38. The van der Waals surface area contributed by atoms with Gasteiger partial charge >= 0.3 is 5.97 Å². The number of carbonyl (C=O) groups is 2. The van der Waals surface area contributed by atoms with E-state index in [2.05, 4.69) is 10.3 Å². The van der Waals surface area contributed by atoms with Crippen LogP contribution in [0.3, 0.4) is 0 Å². The van der Waals surface area contributed by atoms with Crippen molar-refractivity contribution in [1.29, 1.82) is 0 Å².